The average molecular weight is 785 g/mol. The highest BCUT2D eigenvalue weighted by Gasteiger charge is 2.17. The van der Waals surface area contributed by atoms with E-state index in [1.807, 2.05) is 0 Å². The number of allylic oxidation sites excluding steroid dienone is 8. The van der Waals surface area contributed by atoms with E-state index < -0.39 is 6.10 Å². The van der Waals surface area contributed by atoms with Gasteiger partial charge in [0.2, 0.25) is 0 Å². The molecule has 0 saturated heterocycles. The number of hydrogen-bond acceptors (Lipinski definition) is 5. The zero-order valence-electron chi connectivity index (χ0n) is 37.4. The van der Waals surface area contributed by atoms with E-state index in [0.717, 1.165) is 70.6 Å². The Bertz CT molecular complexity index is 935. The predicted octanol–water partition coefficient (Wildman–Crippen LogP) is 16.0. The number of unbranched alkanes of at least 4 members (excludes halogenated alkanes) is 25. The van der Waals surface area contributed by atoms with E-state index in [-0.39, 0.29) is 25.2 Å². The van der Waals surface area contributed by atoms with Gasteiger partial charge in [0.15, 0.2) is 6.10 Å². The maximum atomic E-state index is 12.6. The van der Waals surface area contributed by atoms with E-state index in [1.54, 1.807) is 0 Å². The second-order valence-corrected chi connectivity index (χ2v) is 16.0. The van der Waals surface area contributed by atoms with Gasteiger partial charge in [-0.05, 0) is 83.5 Å². The standard InChI is InChI=1S/C51H92O5/c1-4-7-10-13-15-17-19-21-23-24-25-26-27-29-31-33-35-37-40-43-46-54-47-49(56-51(53)45-42-38-12-9-6-3)48-55-50(52)44-41-39-36-34-32-30-28-22-20-18-16-14-11-8-5-2/h15-18,21-23,28,49H,4-14,19-20,24-27,29-48H2,1-3H3/b17-15-,18-16-,23-21-,28-22-. The highest BCUT2D eigenvalue weighted by atomic mass is 16.6. The number of esters is 2. The number of carbonyl (C=O) groups is 2. The summed E-state index contributed by atoms with van der Waals surface area (Å²) in [6, 6.07) is 0. The Morgan fingerprint density at radius 2 is 0.750 bits per heavy atom. The molecule has 1 atom stereocenters. The van der Waals surface area contributed by atoms with E-state index in [9.17, 15) is 9.59 Å². The molecule has 0 aromatic rings. The maximum Gasteiger partial charge on any atom is 0.306 e. The minimum atomic E-state index is -0.537. The second-order valence-electron chi connectivity index (χ2n) is 16.0. The number of carbonyl (C=O) groups excluding carboxylic acids is 2. The molecular weight excluding hydrogens is 693 g/mol. The van der Waals surface area contributed by atoms with Crippen LogP contribution in [0.4, 0.5) is 0 Å². The Balaban J connectivity index is 4.03. The molecule has 0 aliphatic rings. The van der Waals surface area contributed by atoms with Crippen LogP contribution in [0.1, 0.15) is 239 Å². The molecule has 5 nitrogen and oxygen atoms in total. The Morgan fingerprint density at radius 1 is 0.393 bits per heavy atom. The molecule has 326 valence electrons. The summed E-state index contributed by atoms with van der Waals surface area (Å²) in [6.45, 7) is 7.70. The fraction of sp³-hybridized carbons (Fsp3) is 0.804. The molecule has 1 unspecified atom stereocenters. The van der Waals surface area contributed by atoms with Crippen molar-refractivity contribution in [2.24, 2.45) is 0 Å². The van der Waals surface area contributed by atoms with Gasteiger partial charge in [0.1, 0.15) is 6.61 Å². The van der Waals surface area contributed by atoms with Crippen molar-refractivity contribution in [3.8, 4) is 0 Å². The van der Waals surface area contributed by atoms with Gasteiger partial charge < -0.3 is 14.2 Å². The van der Waals surface area contributed by atoms with Crippen molar-refractivity contribution in [1.82, 2.24) is 0 Å². The van der Waals surface area contributed by atoms with Crippen molar-refractivity contribution in [3.05, 3.63) is 48.6 Å². The Labute approximate surface area is 348 Å². The molecule has 0 heterocycles. The van der Waals surface area contributed by atoms with Gasteiger partial charge in [0.05, 0.1) is 6.61 Å². The lowest BCUT2D eigenvalue weighted by Crippen LogP contribution is -2.30. The number of ether oxygens (including phenoxy) is 3. The smallest absolute Gasteiger partial charge is 0.306 e. The SMILES string of the molecule is CCCCC/C=C\C/C=C\CCCCCCCCCCCCOCC(COC(=O)CCCCCCC/C=C\C/C=C\CCCCC)OC(=O)CCCCCCC. The summed E-state index contributed by atoms with van der Waals surface area (Å²) in [7, 11) is 0. The first-order chi connectivity index (χ1) is 27.6. The van der Waals surface area contributed by atoms with Crippen LogP contribution < -0.4 is 0 Å². The summed E-state index contributed by atoms with van der Waals surface area (Å²) < 4.78 is 17.2. The van der Waals surface area contributed by atoms with Crippen molar-refractivity contribution in [2.75, 3.05) is 19.8 Å². The molecule has 0 spiro atoms. The van der Waals surface area contributed by atoms with E-state index in [0.29, 0.717) is 19.4 Å². The molecular formula is C51H92O5. The summed E-state index contributed by atoms with van der Waals surface area (Å²) in [5.74, 6) is -0.423. The zero-order chi connectivity index (χ0) is 40.7. The first-order valence-electron chi connectivity index (χ1n) is 24.2. The molecule has 0 aliphatic heterocycles. The normalized spacial score (nSPS) is 12.6. The first-order valence-corrected chi connectivity index (χ1v) is 24.2. The van der Waals surface area contributed by atoms with Crippen molar-refractivity contribution in [2.45, 2.75) is 245 Å². The summed E-state index contributed by atoms with van der Waals surface area (Å²) in [4.78, 5) is 25.0. The lowest BCUT2D eigenvalue weighted by atomic mass is 10.1. The molecule has 0 aromatic heterocycles. The van der Waals surface area contributed by atoms with Crippen LogP contribution in [0.2, 0.25) is 0 Å². The number of hydrogen-bond donors (Lipinski definition) is 0. The van der Waals surface area contributed by atoms with Gasteiger partial charge in [0, 0.05) is 19.4 Å². The van der Waals surface area contributed by atoms with Gasteiger partial charge in [-0.25, -0.2) is 0 Å². The molecule has 0 saturated carbocycles. The zero-order valence-corrected chi connectivity index (χ0v) is 37.4. The summed E-state index contributed by atoms with van der Waals surface area (Å²) in [5.41, 5.74) is 0. The fourth-order valence-electron chi connectivity index (χ4n) is 6.69. The lowest BCUT2D eigenvalue weighted by Gasteiger charge is -2.18. The number of rotatable bonds is 44. The van der Waals surface area contributed by atoms with Gasteiger partial charge in [0.25, 0.3) is 0 Å². The maximum absolute atomic E-state index is 12.6. The quantitative estimate of drug-likeness (QED) is 0.0350. The third kappa shape index (κ3) is 44.6. The van der Waals surface area contributed by atoms with Gasteiger partial charge in [-0.15, -0.1) is 0 Å². The van der Waals surface area contributed by atoms with Crippen LogP contribution in [0.5, 0.6) is 0 Å². The van der Waals surface area contributed by atoms with Gasteiger partial charge in [-0.1, -0.05) is 191 Å². The average Bonchev–Trinajstić information content (AvgIpc) is 3.20. The topological polar surface area (TPSA) is 61.8 Å². The van der Waals surface area contributed by atoms with Crippen LogP contribution in [-0.2, 0) is 23.8 Å². The van der Waals surface area contributed by atoms with E-state index in [2.05, 4.69) is 69.4 Å². The summed E-state index contributed by atoms with van der Waals surface area (Å²) in [6.07, 6.45) is 57.1. The minimum Gasteiger partial charge on any atom is -0.462 e. The largest absolute Gasteiger partial charge is 0.462 e. The van der Waals surface area contributed by atoms with Gasteiger partial charge >= 0.3 is 11.9 Å². The Kier molecular flexibility index (Phi) is 45.4. The Hall–Kier alpha value is -2.14. The second kappa shape index (κ2) is 47.2. The summed E-state index contributed by atoms with van der Waals surface area (Å²) >= 11 is 0. The van der Waals surface area contributed by atoms with Gasteiger partial charge in [-0.2, -0.15) is 0 Å². The molecule has 0 fully saturated rings. The van der Waals surface area contributed by atoms with Crippen molar-refractivity contribution < 1.29 is 23.8 Å². The Morgan fingerprint density at radius 3 is 1.21 bits per heavy atom. The van der Waals surface area contributed by atoms with E-state index in [4.69, 9.17) is 14.2 Å². The predicted molar refractivity (Wildman–Crippen MR) is 242 cm³/mol. The molecule has 0 rings (SSSR count). The van der Waals surface area contributed by atoms with Crippen LogP contribution in [0.3, 0.4) is 0 Å². The van der Waals surface area contributed by atoms with Crippen molar-refractivity contribution >= 4 is 11.9 Å². The van der Waals surface area contributed by atoms with Crippen molar-refractivity contribution in [1.29, 1.82) is 0 Å². The fourth-order valence-corrected chi connectivity index (χ4v) is 6.69. The molecule has 56 heavy (non-hydrogen) atoms. The molecule has 5 heteroatoms. The van der Waals surface area contributed by atoms with Crippen LogP contribution in [-0.4, -0.2) is 37.9 Å². The molecule has 0 aromatic carbocycles. The minimum absolute atomic E-state index is 0.0776. The van der Waals surface area contributed by atoms with Crippen LogP contribution in [0.25, 0.3) is 0 Å². The monoisotopic (exact) mass is 785 g/mol. The molecule has 0 aliphatic carbocycles. The third-order valence-corrected chi connectivity index (χ3v) is 10.3. The highest BCUT2D eigenvalue weighted by molar-refractivity contribution is 5.70. The van der Waals surface area contributed by atoms with Crippen LogP contribution >= 0.6 is 0 Å². The first kappa shape index (κ1) is 53.9. The van der Waals surface area contributed by atoms with Crippen LogP contribution in [0, 0.1) is 0 Å². The molecule has 0 radical (unpaired) electrons. The molecule has 0 bridgehead atoms. The third-order valence-electron chi connectivity index (χ3n) is 10.3. The van der Waals surface area contributed by atoms with Crippen LogP contribution in [0.15, 0.2) is 48.6 Å². The lowest BCUT2D eigenvalue weighted by molar-refractivity contribution is -0.163. The van der Waals surface area contributed by atoms with E-state index >= 15 is 0 Å². The van der Waals surface area contributed by atoms with Gasteiger partial charge in [-0.3, -0.25) is 9.59 Å². The van der Waals surface area contributed by atoms with E-state index in [1.165, 1.54) is 135 Å². The molecule has 0 N–H and O–H groups in total. The summed E-state index contributed by atoms with van der Waals surface area (Å²) in [5, 5.41) is 0. The van der Waals surface area contributed by atoms with Crippen molar-refractivity contribution in [3.63, 3.8) is 0 Å². The molecule has 0 amide bonds. The highest BCUT2D eigenvalue weighted by Crippen LogP contribution is 2.14.